The number of halogens is 2. The fourth-order valence-corrected chi connectivity index (χ4v) is 2.51. The second-order valence-corrected chi connectivity index (χ2v) is 4.73. The predicted octanol–water partition coefficient (Wildman–Crippen LogP) is 1.89. The first-order chi connectivity index (χ1) is 7.90. The molecule has 3 nitrogen and oxygen atoms in total. The van der Waals surface area contributed by atoms with Gasteiger partial charge in [0.05, 0.1) is 6.54 Å². The van der Waals surface area contributed by atoms with Gasteiger partial charge in [0, 0.05) is 5.56 Å². The van der Waals surface area contributed by atoms with Crippen LogP contribution in [0.1, 0.15) is 18.9 Å². The van der Waals surface area contributed by atoms with E-state index in [2.05, 4.69) is 0 Å². The highest BCUT2D eigenvalue weighted by Crippen LogP contribution is 2.38. The van der Waals surface area contributed by atoms with Gasteiger partial charge in [-0.05, 0) is 12.5 Å². The van der Waals surface area contributed by atoms with Crippen molar-refractivity contribution in [1.29, 1.82) is 0 Å². The monoisotopic (exact) mass is 243 g/mol. The Bertz CT molecular complexity index is 431. The van der Waals surface area contributed by atoms with Gasteiger partial charge in [0.2, 0.25) is 0 Å². The maximum atomic E-state index is 13.5. The van der Waals surface area contributed by atoms with Gasteiger partial charge >= 0.3 is 0 Å². The van der Waals surface area contributed by atoms with Gasteiger partial charge < -0.3 is 15.0 Å². The van der Waals surface area contributed by atoms with E-state index in [9.17, 15) is 19.1 Å². The number of likely N-dealkylation sites (tertiary alicyclic amines) is 1. The average Bonchev–Trinajstić information content (AvgIpc) is 2.20. The number of nitrogens with zero attached hydrogens (tertiary/aromatic N) is 1. The summed E-state index contributed by atoms with van der Waals surface area (Å²) in [5, 5.41) is 22.0. The molecule has 1 saturated heterocycles. The number of hydroxylamine groups is 3. The van der Waals surface area contributed by atoms with Gasteiger partial charge in [-0.2, -0.15) is 0 Å². The summed E-state index contributed by atoms with van der Waals surface area (Å²) in [5.41, 5.74) is -1.64. The first-order valence-corrected chi connectivity index (χ1v) is 5.64. The van der Waals surface area contributed by atoms with Crippen LogP contribution in [-0.2, 0) is 5.60 Å². The molecule has 1 heterocycles. The molecule has 1 aliphatic rings. The fourth-order valence-electron chi connectivity index (χ4n) is 2.51. The summed E-state index contributed by atoms with van der Waals surface area (Å²) in [6.45, 7) is 2.04. The van der Waals surface area contributed by atoms with Gasteiger partial charge in [-0.3, -0.25) is 0 Å². The second-order valence-electron chi connectivity index (χ2n) is 4.73. The Morgan fingerprint density at radius 3 is 2.65 bits per heavy atom. The SMILES string of the molecule is CCC[N+]1([O-])CC(O)(c2cccc(F)c2F)C1. The molecule has 1 N–H and O–H groups in total. The second kappa shape index (κ2) is 4.01. The third-order valence-electron chi connectivity index (χ3n) is 3.18. The first-order valence-electron chi connectivity index (χ1n) is 5.64. The molecular formula is C12H15F2NO2. The highest BCUT2D eigenvalue weighted by atomic mass is 19.2. The Hall–Kier alpha value is -1.04. The molecule has 94 valence electrons. The smallest absolute Gasteiger partial charge is 0.191 e. The van der Waals surface area contributed by atoms with Crippen LogP contribution in [0.15, 0.2) is 18.2 Å². The normalized spacial score (nSPS) is 32.3. The molecule has 0 aliphatic carbocycles. The molecule has 1 aromatic carbocycles. The quantitative estimate of drug-likeness (QED) is 0.650. The van der Waals surface area contributed by atoms with Crippen molar-refractivity contribution in [2.75, 3.05) is 19.6 Å². The molecular weight excluding hydrogens is 228 g/mol. The highest BCUT2D eigenvalue weighted by Gasteiger charge is 2.52. The van der Waals surface area contributed by atoms with Crippen molar-refractivity contribution < 1.29 is 18.5 Å². The molecule has 0 bridgehead atoms. The average molecular weight is 243 g/mol. The molecule has 0 atom stereocenters. The lowest BCUT2D eigenvalue weighted by Crippen LogP contribution is -2.69. The third-order valence-corrected chi connectivity index (χ3v) is 3.18. The molecule has 1 aliphatic heterocycles. The van der Waals surface area contributed by atoms with E-state index in [0.29, 0.717) is 13.0 Å². The zero-order chi connectivity index (χ0) is 12.7. The summed E-state index contributed by atoms with van der Waals surface area (Å²) in [6.07, 6.45) is 0.700. The van der Waals surface area contributed by atoms with Gasteiger partial charge in [0.1, 0.15) is 13.1 Å². The lowest BCUT2D eigenvalue weighted by Gasteiger charge is -2.58. The minimum absolute atomic E-state index is 0.110. The fraction of sp³-hybridized carbons (Fsp3) is 0.500. The zero-order valence-electron chi connectivity index (χ0n) is 9.62. The van der Waals surface area contributed by atoms with E-state index in [0.717, 1.165) is 6.07 Å². The Labute approximate surface area is 98.5 Å². The number of aliphatic hydroxyl groups is 1. The van der Waals surface area contributed by atoms with Crippen LogP contribution in [-0.4, -0.2) is 29.4 Å². The van der Waals surface area contributed by atoms with Gasteiger partial charge in [-0.15, -0.1) is 0 Å². The minimum Gasteiger partial charge on any atom is -0.633 e. The predicted molar refractivity (Wildman–Crippen MR) is 58.8 cm³/mol. The molecule has 2 rings (SSSR count). The van der Waals surface area contributed by atoms with Gasteiger partial charge in [-0.1, -0.05) is 19.1 Å². The Morgan fingerprint density at radius 2 is 2.06 bits per heavy atom. The molecule has 0 amide bonds. The summed E-state index contributed by atoms with van der Waals surface area (Å²) in [5.74, 6) is -2.06. The van der Waals surface area contributed by atoms with Crippen LogP contribution < -0.4 is 0 Å². The number of benzene rings is 1. The summed E-state index contributed by atoms with van der Waals surface area (Å²) in [4.78, 5) is 0. The van der Waals surface area contributed by atoms with Crippen LogP contribution in [0.2, 0.25) is 0 Å². The van der Waals surface area contributed by atoms with Crippen molar-refractivity contribution in [2.24, 2.45) is 0 Å². The van der Waals surface area contributed by atoms with Crippen LogP contribution in [0.4, 0.5) is 8.78 Å². The van der Waals surface area contributed by atoms with Gasteiger partial charge in [0.15, 0.2) is 17.2 Å². The Kier molecular flexibility index (Phi) is 2.93. The summed E-state index contributed by atoms with van der Waals surface area (Å²) >= 11 is 0. The van der Waals surface area contributed by atoms with Crippen LogP contribution in [0.3, 0.4) is 0 Å². The molecule has 5 heteroatoms. The van der Waals surface area contributed by atoms with E-state index >= 15 is 0 Å². The molecule has 17 heavy (non-hydrogen) atoms. The van der Waals surface area contributed by atoms with Crippen LogP contribution in [0.25, 0.3) is 0 Å². The third kappa shape index (κ3) is 2.06. The minimum atomic E-state index is -1.52. The number of rotatable bonds is 3. The van der Waals surface area contributed by atoms with Crippen LogP contribution in [0, 0.1) is 16.8 Å². The summed E-state index contributed by atoms with van der Waals surface area (Å²) < 4.78 is 26.0. The first kappa shape index (κ1) is 12.4. The van der Waals surface area contributed by atoms with Crippen LogP contribution >= 0.6 is 0 Å². The largest absolute Gasteiger partial charge is 0.633 e. The maximum Gasteiger partial charge on any atom is 0.191 e. The molecule has 0 radical (unpaired) electrons. The molecule has 0 unspecified atom stereocenters. The van der Waals surface area contributed by atoms with E-state index in [4.69, 9.17) is 0 Å². The Balaban J connectivity index is 2.22. The summed E-state index contributed by atoms with van der Waals surface area (Å²) in [7, 11) is 0. The number of hydrogen-bond acceptors (Lipinski definition) is 2. The number of hydrogen-bond donors (Lipinski definition) is 1. The molecule has 0 aromatic heterocycles. The molecule has 0 spiro atoms. The number of quaternary nitrogens is 1. The van der Waals surface area contributed by atoms with Gasteiger partial charge in [0.25, 0.3) is 0 Å². The lowest BCUT2D eigenvalue weighted by molar-refractivity contribution is -0.943. The topological polar surface area (TPSA) is 43.3 Å². The van der Waals surface area contributed by atoms with Gasteiger partial charge in [-0.25, -0.2) is 8.78 Å². The van der Waals surface area contributed by atoms with Crippen molar-refractivity contribution >= 4 is 0 Å². The molecule has 0 saturated carbocycles. The molecule has 1 aromatic rings. The van der Waals surface area contributed by atoms with Crippen molar-refractivity contribution in [3.05, 3.63) is 40.6 Å². The van der Waals surface area contributed by atoms with E-state index in [1.807, 2.05) is 6.92 Å². The van der Waals surface area contributed by atoms with E-state index < -0.39 is 21.9 Å². The van der Waals surface area contributed by atoms with E-state index in [1.165, 1.54) is 12.1 Å². The van der Waals surface area contributed by atoms with Crippen molar-refractivity contribution in [3.63, 3.8) is 0 Å². The maximum absolute atomic E-state index is 13.5. The standard InChI is InChI=1S/C12H15F2NO2/c1-2-6-15(17)7-12(16,8-15)9-4-3-5-10(13)11(9)14/h3-5,16H,2,6-8H2,1H3. The van der Waals surface area contributed by atoms with Crippen molar-refractivity contribution in [3.8, 4) is 0 Å². The van der Waals surface area contributed by atoms with E-state index in [-0.39, 0.29) is 18.7 Å². The Morgan fingerprint density at radius 1 is 1.41 bits per heavy atom. The lowest BCUT2D eigenvalue weighted by atomic mass is 9.85. The zero-order valence-corrected chi connectivity index (χ0v) is 9.62. The van der Waals surface area contributed by atoms with Crippen molar-refractivity contribution in [2.45, 2.75) is 18.9 Å². The van der Waals surface area contributed by atoms with Crippen LogP contribution in [0.5, 0.6) is 0 Å². The highest BCUT2D eigenvalue weighted by molar-refractivity contribution is 5.27. The summed E-state index contributed by atoms with van der Waals surface area (Å²) in [6, 6.07) is 3.66. The molecule has 1 fully saturated rings. The van der Waals surface area contributed by atoms with Crippen molar-refractivity contribution in [1.82, 2.24) is 0 Å². The van der Waals surface area contributed by atoms with E-state index in [1.54, 1.807) is 0 Å².